The highest BCUT2D eigenvalue weighted by Crippen LogP contribution is 2.25. The molecule has 5 heteroatoms. The average Bonchev–Trinajstić information content (AvgIpc) is 2.77. The maximum Gasteiger partial charge on any atom is 0.417 e. The molecule has 0 spiro atoms. The molecule has 20 heavy (non-hydrogen) atoms. The van der Waals surface area contributed by atoms with E-state index in [4.69, 9.17) is 10.2 Å². The summed E-state index contributed by atoms with van der Waals surface area (Å²) in [6.07, 6.45) is 0. The monoisotopic (exact) mass is 272 g/mol. The van der Waals surface area contributed by atoms with Crippen molar-refractivity contribution in [3.63, 3.8) is 0 Å². The van der Waals surface area contributed by atoms with E-state index in [-0.39, 0.29) is 5.82 Å². The van der Waals surface area contributed by atoms with Crippen LogP contribution in [0.3, 0.4) is 0 Å². The van der Waals surface area contributed by atoms with Crippen molar-refractivity contribution in [3.8, 4) is 0 Å². The van der Waals surface area contributed by atoms with E-state index in [1.54, 1.807) is 24.3 Å². The third kappa shape index (κ3) is 2.12. The molecule has 1 atom stereocenters. The van der Waals surface area contributed by atoms with E-state index in [1.165, 1.54) is 6.07 Å². The summed E-state index contributed by atoms with van der Waals surface area (Å²) in [5.41, 5.74) is 9.03. The van der Waals surface area contributed by atoms with Crippen molar-refractivity contribution in [2.75, 3.05) is 0 Å². The number of aromatic nitrogens is 1. The zero-order chi connectivity index (χ0) is 14.3. The standard InChI is InChI=1S/C15H13FN2O2/c1-8-2-4-10(11(16)6-8)14(17)9-3-5-12-13(7-9)20-15(19)18-12/h2-7,14H,17H2,1H3,(H,18,19). The van der Waals surface area contributed by atoms with Crippen LogP contribution in [0.4, 0.5) is 4.39 Å². The van der Waals surface area contributed by atoms with Crippen molar-refractivity contribution >= 4 is 11.1 Å². The molecule has 102 valence electrons. The molecule has 3 rings (SSSR count). The fourth-order valence-electron chi connectivity index (χ4n) is 2.22. The number of aryl methyl sites for hydroxylation is 1. The van der Waals surface area contributed by atoms with Gasteiger partial charge < -0.3 is 10.2 Å². The number of rotatable bonds is 2. The first-order valence-electron chi connectivity index (χ1n) is 6.19. The van der Waals surface area contributed by atoms with Crippen molar-refractivity contribution in [2.24, 2.45) is 5.73 Å². The highest BCUT2D eigenvalue weighted by Gasteiger charge is 2.15. The second kappa shape index (κ2) is 4.61. The number of nitrogens with two attached hydrogens (primary N) is 1. The van der Waals surface area contributed by atoms with Crippen molar-refractivity contribution in [2.45, 2.75) is 13.0 Å². The molecule has 0 radical (unpaired) electrons. The van der Waals surface area contributed by atoms with Crippen LogP contribution >= 0.6 is 0 Å². The van der Waals surface area contributed by atoms with Crippen LogP contribution in [0.15, 0.2) is 45.6 Å². The van der Waals surface area contributed by atoms with Gasteiger partial charge in [0.25, 0.3) is 0 Å². The summed E-state index contributed by atoms with van der Waals surface area (Å²) < 4.78 is 18.9. The Morgan fingerprint density at radius 2 is 2.05 bits per heavy atom. The zero-order valence-corrected chi connectivity index (χ0v) is 10.8. The predicted octanol–water partition coefficient (Wildman–Crippen LogP) is 2.62. The van der Waals surface area contributed by atoms with E-state index in [1.807, 2.05) is 13.0 Å². The number of fused-ring (bicyclic) bond motifs is 1. The fraction of sp³-hybridized carbons (Fsp3) is 0.133. The lowest BCUT2D eigenvalue weighted by atomic mass is 9.98. The summed E-state index contributed by atoms with van der Waals surface area (Å²) in [5, 5.41) is 0. The molecule has 2 aromatic carbocycles. The van der Waals surface area contributed by atoms with Gasteiger partial charge >= 0.3 is 5.76 Å². The minimum Gasteiger partial charge on any atom is -0.408 e. The first-order valence-corrected chi connectivity index (χ1v) is 6.19. The van der Waals surface area contributed by atoms with Crippen molar-refractivity contribution < 1.29 is 8.81 Å². The molecular formula is C15H13FN2O2. The van der Waals surface area contributed by atoms with Crippen LogP contribution in [0, 0.1) is 12.7 Å². The SMILES string of the molecule is Cc1ccc(C(N)c2ccc3[nH]c(=O)oc3c2)c(F)c1. The number of nitrogens with one attached hydrogen (secondary N) is 1. The lowest BCUT2D eigenvalue weighted by Crippen LogP contribution is -2.13. The molecule has 0 saturated carbocycles. The molecule has 0 fully saturated rings. The van der Waals surface area contributed by atoms with Gasteiger partial charge in [0.2, 0.25) is 0 Å². The Morgan fingerprint density at radius 1 is 1.25 bits per heavy atom. The first-order chi connectivity index (χ1) is 9.54. The number of oxazole rings is 1. The van der Waals surface area contributed by atoms with Crippen LogP contribution < -0.4 is 11.5 Å². The molecule has 4 nitrogen and oxygen atoms in total. The van der Waals surface area contributed by atoms with Crippen LogP contribution in [0.25, 0.3) is 11.1 Å². The van der Waals surface area contributed by atoms with Crippen LogP contribution in [-0.4, -0.2) is 4.98 Å². The van der Waals surface area contributed by atoms with Gasteiger partial charge in [0.1, 0.15) is 5.82 Å². The van der Waals surface area contributed by atoms with Gasteiger partial charge in [-0.3, -0.25) is 4.98 Å². The molecule has 0 aliphatic heterocycles. The molecule has 0 aliphatic carbocycles. The van der Waals surface area contributed by atoms with E-state index in [9.17, 15) is 9.18 Å². The van der Waals surface area contributed by atoms with Crippen molar-refractivity contribution in [1.82, 2.24) is 4.98 Å². The van der Waals surface area contributed by atoms with Crippen LogP contribution in [-0.2, 0) is 0 Å². The number of halogens is 1. The molecule has 1 heterocycles. The fourth-order valence-corrected chi connectivity index (χ4v) is 2.22. The Hall–Kier alpha value is -2.40. The summed E-state index contributed by atoms with van der Waals surface area (Å²) >= 11 is 0. The highest BCUT2D eigenvalue weighted by molar-refractivity contribution is 5.73. The number of hydrogen-bond donors (Lipinski definition) is 2. The maximum atomic E-state index is 13.9. The smallest absolute Gasteiger partial charge is 0.408 e. The highest BCUT2D eigenvalue weighted by atomic mass is 19.1. The molecule has 3 N–H and O–H groups in total. The van der Waals surface area contributed by atoms with Crippen molar-refractivity contribution in [1.29, 1.82) is 0 Å². The number of aromatic amines is 1. The minimum absolute atomic E-state index is 0.340. The number of benzene rings is 2. The normalized spacial score (nSPS) is 12.8. The molecular weight excluding hydrogens is 259 g/mol. The van der Waals surface area contributed by atoms with Gasteiger partial charge in [0.15, 0.2) is 5.58 Å². The van der Waals surface area contributed by atoms with E-state index in [2.05, 4.69) is 4.98 Å². The van der Waals surface area contributed by atoms with Gasteiger partial charge in [-0.2, -0.15) is 0 Å². The van der Waals surface area contributed by atoms with Gasteiger partial charge in [0.05, 0.1) is 11.6 Å². The Bertz CT molecular complexity index is 835. The van der Waals surface area contributed by atoms with Gasteiger partial charge in [-0.25, -0.2) is 9.18 Å². The average molecular weight is 272 g/mol. The minimum atomic E-state index is -0.611. The molecule has 3 aromatic rings. The van der Waals surface area contributed by atoms with Crippen LogP contribution in [0.1, 0.15) is 22.7 Å². The second-order valence-electron chi connectivity index (χ2n) is 4.77. The van der Waals surface area contributed by atoms with Crippen molar-refractivity contribution in [3.05, 3.63) is 69.5 Å². The van der Waals surface area contributed by atoms with Gasteiger partial charge in [0, 0.05) is 5.56 Å². The second-order valence-corrected chi connectivity index (χ2v) is 4.77. The summed E-state index contributed by atoms with van der Waals surface area (Å²) in [5.74, 6) is -0.861. The largest absolute Gasteiger partial charge is 0.417 e. The molecule has 1 unspecified atom stereocenters. The lowest BCUT2D eigenvalue weighted by Gasteiger charge is -2.13. The van der Waals surface area contributed by atoms with Gasteiger partial charge in [-0.15, -0.1) is 0 Å². The lowest BCUT2D eigenvalue weighted by molar-refractivity contribution is 0.554. The Morgan fingerprint density at radius 3 is 2.80 bits per heavy atom. The molecule has 1 aromatic heterocycles. The molecule has 0 aliphatic rings. The number of hydrogen-bond acceptors (Lipinski definition) is 3. The topological polar surface area (TPSA) is 72.0 Å². The van der Waals surface area contributed by atoms with E-state index >= 15 is 0 Å². The Kier molecular flexibility index (Phi) is 2.91. The summed E-state index contributed by atoms with van der Waals surface area (Å²) in [7, 11) is 0. The molecule has 0 bridgehead atoms. The van der Waals surface area contributed by atoms with Gasteiger partial charge in [-0.1, -0.05) is 18.2 Å². The van der Waals surface area contributed by atoms with Crippen LogP contribution in [0.2, 0.25) is 0 Å². The summed E-state index contributed by atoms with van der Waals surface area (Å²) in [6, 6.07) is 9.42. The van der Waals surface area contributed by atoms with Gasteiger partial charge in [-0.05, 0) is 36.2 Å². The Balaban J connectivity index is 2.06. The maximum absolute atomic E-state index is 13.9. The Labute approximate surface area is 114 Å². The summed E-state index contributed by atoms with van der Waals surface area (Å²) in [6.45, 7) is 1.82. The third-order valence-corrected chi connectivity index (χ3v) is 3.30. The molecule has 0 amide bonds. The summed E-state index contributed by atoms with van der Waals surface area (Å²) in [4.78, 5) is 13.7. The zero-order valence-electron chi connectivity index (χ0n) is 10.8. The number of H-pyrrole nitrogens is 1. The quantitative estimate of drug-likeness (QED) is 0.753. The van der Waals surface area contributed by atoms with E-state index in [0.717, 1.165) is 5.56 Å². The predicted molar refractivity (Wildman–Crippen MR) is 74.0 cm³/mol. The van der Waals surface area contributed by atoms with E-state index < -0.39 is 11.8 Å². The third-order valence-electron chi connectivity index (χ3n) is 3.30. The van der Waals surface area contributed by atoms with E-state index in [0.29, 0.717) is 22.2 Å². The molecule has 0 saturated heterocycles. The first kappa shape index (κ1) is 12.6. The van der Waals surface area contributed by atoms with Crippen LogP contribution in [0.5, 0.6) is 0 Å².